The molecule has 2 aromatic heterocycles. The van der Waals surface area contributed by atoms with Gasteiger partial charge in [0.2, 0.25) is 17.5 Å². The van der Waals surface area contributed by atoms with E-state index in [0.29, 0.717) is 5.56 Å². The first kappa shape index (κ1) is 38.0. The van der Waals surface area contributed by atoms with Gasteiger partial charge in [0.05, 0.1) is 58.1 Å². The van der Waals surface area contributed by atoms with E-state index in [1.54, 1.807) is 19.9 Å². The fourth-order valence-electron chi connectivity index (χ4n) is 3.96. The lowest BCUT2D eigenvalue weighted by Gasteiger charge is -2.12. The van der Waals surface area contributed by atoms with Gasteiger partial charge in [-0.2, -0.15) is 36.1 Å². The van der Waals surface area contributed by atoms with Gasteiger partial charge in [-0.3, -0.25) is 14.8 Å². The number of benzene rings is 3. The maximum Gasteiger partial charge on any atom is 0.416 e. The van der Waals surface area contributed by atoms with Crippen molar-refractivity contribution in [1.82, 2.24) is 19.6 Å². The van der Waals surface area contributed by atoms with Gasteiger partial charge in [0, 0.05) is 12.1 Å². The lowest BCUT2D eigenvalue weighted by molar-refractivity contribution is -0.385. The molecule has 5 aromatic rings. The number of anilines is 1. The number of nitro groups is 1. The third-order valence-corrected chi connectivity index (χ3v) is 8.55. The van der Waals surface area contributed by atoms with Crippen LogP contribution in [0.25, 0.3) is 5.78 Å². The van der Waals surface area contributed by atoms with Crippen molar-refractivity contribution in [1.29, 1.82) is 0 Å². The zero-order valence-corrected chi connectivity index (χ0v) is 29.2. The van der Waals surface area contributed by atoms with Gasteiger partial charge in [-0.1, -0.05) is 40.9 Å². The highest BCUT2D eigenvalue weighted by Gasteiger charge is 2.31. The fraction of sp³-hybridized carbons (Fsp3) is 0.207. The molecule has 0 fully saturated rings. The largest absolute Gasteiger partial charge is 0.487 e. The topological polar surface area (TPSA) is 169 Å². The molecule has 266 valence electrons. The average Bonchev–Trinajstić information content (AvgIpc) is 3.51. The average molecular weight is 780 g/mol. The van der Waals surface area contributed by atoms with E-state index in [0.717, 1.165) is 22.7 Å². The van der Waals surface area contributed by atoms with E-state index < -0.39 is 31.8 Å². The van der Waals surface area contributed by atoms with Crippen LogP contribution in [0.2, 0.25) is 15.1 Å². The number of nitro benzene ring substituents is 1. The SMILES string of the molecule is CCOc1cc(Oc2ccc(C(F)(F)F)cc2Cl)ccc1[N+](=O)[O-].COc1cc(OC)n2nc(S(=O)(=O)Nc3c(Cl)ccc(C)c3Cl)nc2n1. The van der Waals surface area contributed by atoms with E-state index in [1.165, 1.54) is 44.6 Å². The molecule has 0 atom stereocenters. The molecule has 0 saturated carbocycles. The lowest BCUT2D eigenvalue weighted by Crippen LogP contribution is -2.15. The number of rotatable bonds is 10. The van der Waals surface area contributed by atoms with E-state index in [-0.39, 0.29) is 67.8 Å². The Balaban J connectivity index is 0.000000226. The Morgan fingerprint density at radius 2 is 1.68 bits per heavy atom. The van der Waals surface area contributed by atoms with Crippen LogP contribution >= 0.6 is 34.8 Å². The summed E-state index contributed by atoms with van der Waals surface area (Å²) in [6.45, 7) is 3.58. The van der Waals surface area contributed by atoms with Crippen LogP contribution in [0.3, 0.4) is 0 Å². The van der Waals surface area contributed by atoms with Crippen LogP contribution in [0.15, 0.2) is 59.8 Å². The summed E-state index contributed by atoms with van der Waals surface area (Å²) in [5.41, 5.74) is -0.448. The van der Waals surface area contributed by atoms with Crippen molar-refractivity contribution in [2.24, 2.45) is 0 Å². The minimum Gasteiger partial charge on any atom is -0.487 e. The molecule has 0 amide bonds. The number of ether oxygens (including phenoxy) is 4. The Bertz CT molecular complexity index is 2170. The van der Waals surface area contributed by atoms with Crippen molar-refractivity contribution in [3.8, 4) is 29.0 Å². The van der Waals surface area contributed by atoms with E-state index in [2.05, 4.69) is 19.8 Å². The standard InChI is InChI=1S/C15H11ClF3NO4.C14H13Cl2N5O4S/c1-2-23-14-8-10(4-5-12(14)20(21)22)24-13-6-3-9(7-11(13)16)15(17,18)19;1-7-4-5-8(15)12(11(7)16)20-26(22,23)14-18-13-17-9(24-2)6-10(25-3)21(13)19-14/h3-8H,2H2,1H3;4-6,20H,1-3H3. The second-order valence-corrected chi connectivity index (χ2v) is 12.4. The van der Waals surface area contributed by atoms with Crippen molar-refractivity contribution in [2.75, 3.05) is 25.5 Å². The van der Waals surface area contributed by atoms with Gasteiger partial charge in [0.25, 0.3) is 21.0 Å². The number of aromatic nitrogens is 4. The highest BCUT2D eigenvalue weighted by atomic mass is 35.5. The predicted octanol–water partition coefficient (Wildman–Crippen LogP) is 8.02. The zero-order chi connectivity index (χ0) is 37.0. The number of methoxy groups -OCH3 is 2. The molecule has 50 heavy (non-hydrogen) atoms. The van der Waals surface area contributed by atoms with Crippen LogP contribution in [-0.2, 0) is 16.2 Å². The van der Waals surface area contributed by atoms with Gasteiger partial charge in [-0.05, 0) is 49.7 Å². The molecule has 2 heterocycles. The Hall–Kier alpha value is -4.78. The number of fused-ring (bicyclic) bond motifs is 1. The summed E-state index contributed by atoms with van der Waals surface area (Å²) in [5, 5.41) is 14.4. The Kier molecular flexibility index (Phi) is 11.7. The molecule has 0 aliphatic heterocycles. The first-order valence-corrected chi connectivity index (χ1v) is 16.4. The monoisotopic (exact) mass is 778 g/mol. The molecule has 0 bridgehead atoms. The summed E-state index contributed by atoms with van der Waals surface area (Å²) in [5.74, 6) is 0.508. The molecule has 14 nitrogen and oxygen atoms in total. The molecule has 1 N–H and O–H groups in total. The molecule has 0 radical (unpaired) electrons. The van der Waals surface area contributed by atoms with Gasteiger partial charge in [0.15, 0.2) is 0 Å². The lowest BCUT2D eigenvalue weighted by atomic mass is 10.2. The van der Waals surface area contributed by atoms with Gasteiger partial charge in [-0.25, -0.2) is 0 Å². The van der Waals surface area contributed by atoms with Crippen molar-refractivity contribution < 1.29 is 45.5 Å². The van der Waals surface area contributed by atoms with Gasteiger partial charge in [-0.15, -0.1) is 5.10 Å². The first-order valence-electron chi connectivity index (χ1n) is 13.8. The normalized spacial score (nSPS) is 11.4. The van der Waals surface area contributed by atoms with Crippen LogP contribution < -0.4 is 23.7 Å². The van der Waals surface area contributed by atoms with Gasteiger partial charge in [0.1, 0.15) is 11.5 Å². The fourth-order valence-corrected chi connectivity index (χ4v) is 5.72. The molecule has 0 unspecified atom stereocenters. The number of hydrogen-bond donors (Lipinski definition) is 1. The summed E-state index contributed by atoms with van der Waals surface area (Å²) in [4.78, 5) is 18.3. The molecule has 0 spiro atoms. The number of halogens is 6. The Morgan fingerprint density at radius 3 is 2.28 bits per heavy atom. The second-order valence-electron chi connectivity index (χ2n) is 9.67. The smallest absolute Gasteiger partial charge is 0.416 e. The summed E-state index contributed by atoms with van der Waals surface area (Å²) >= 11 is 18.0. The number of nitrogens with zero attached hydrogens (tertiary/aromatic N) is 5. The van der Waals surface area contributed by atoms with Crippen molar-refractivity contribution in [2.45, 2.75) is 25.2 Å². The number of alkyl halides is 3. The zero-order valence-electron chi connectivity index (χ0n) is 26.1. The van der Waals surface area contributed by atoms with E-state index in [4.69, 9.17) is 53.8 Å². The minimum absolute atomic E-state index is 0.0111. The summed E-state index contributed by atoms with van der Waals surface area (Å²) < 4.78 is 87.3. The van der Waals surface area contributed by atoms with Crippen molar-refractivity contribution in [3.05, 3.63) is 90.9 Å². The maximum atomic E-state index is 12.7. The number of aryl methyl sites for hydroxylation is 1. The number of nitrogens with one attached hydrogen (secondary N) is 1. The quantitative estimate of drug-likeness (QED) is 0.108. The van der Waals surface area contributed by atoms with Gasteiger partial charge >= 0.3 is 11.9 Å². The van der Waals surface area contributed by atoms with Crippen LogP contribution in [0, 0.1) is 17.0 Å². The van der Waals surface area contributed by atoms with E-state index >= 15 is 0 Å². The minimum atomic E-state index is -4.52. The number of hydrogen-bond acceptors (Lipinski definition) is 11. The number of sulfonamides is 1. The van der Waals surface area contributed by atoms with Crippen molar-refractivity contribution >= 4 is 62.0 Å². The maximum absolute atomic E-state index is 12.7. The summed E-state index contributed by atoms with van der Waals surface area (Å²) in [6.07, 6.45) is -4.52. The molecule has 0 aliphatic carbocycles. The summed E-state index contributed by atoms with van der Waals surface area (Å²) in [7, 11) is -1.37. The Labute approximate surface area is 296 Å². The van der Waals surface area contributed by atoms with Crippen LogP contribution in [-0.4, -0.2) is 53.7 Å². The molecule has 0 aliphatic rings. The molecule has 21 heteroatoms. The van der Waals surface area contributed by atoms with E-state index in [1.807, 2.05) is 0 Å². The van der Waals surface area contributed by atoms with Crippen molar-refractivity contribution in [3.63, 3.8) is 0 Å². The van der Waals surface area contributed by atoms with Crippen LogP contribution in [0.1, 0.15) is 18.1 Å². The van der Waals surface area contributed by atoms with Gasteiger partial charge < -0.3 is 18.9 Å². The predicted molar refractivity (Wildman–Crippen MR) is 177 cm³/mol. The van der Waals surface area contributed by atoms with E-state index in [9.17, 15) is 31.7 Å². The molecular formula is C29H24Cl3F3N6O8S. The second kappa shape index (κ2) is 15.4. The first-order chi connectivity index (χ1) is 23.5. The van der Waals surface area contributed by atoms with Crippen LogP contribution in [0.4, 0.5) is 24.5 Å². The highest BCUT2D eigenvalue weighted by molar-refractivity contribution is 7.92. The third-order valence-electron chi connectivity index (χ3n) is 6.33. The van der Waals surface area contributed by atoms with Crippen LogP contribution in [0.5, 0.6) is 29.0 Å². The molecule has 3 aromatic carbocycles. The summed E-state index contributed by atoms with van der Waals surface area (Å²) in [6, 6.07) is 11.1. The highest BCUT2D eigenvalue weighted by Crippen LogP contribution is 2.39. The molecule has 0 saturated heterocycles. The third kappa shape index (κ3) is 8.68. The Morgan fingerprint density at radius 1 is 0.960 bits per heavy atom. The molecule has 5 rings (SSSR count). The molecular weight excluding hydrogens is 756 g/mol.